The van der Waals surface area contributed by atoms with Crippen LogP contribution in [0.1, 0.15) is 41.5 Å². The number of hydrogen-bond acceptors (Lipinski definition) is 6. The first-order valence-electron chi connectivity index (χ1n) is 8.09. The van der Waals surface area contributed by atoms with Crippen LogP contribution in [0.4, 0.5) is 0 Å². The van der Waals surface area contributed by atoms with Gasteiger partial charge < -0.3 is 4.74 Å². The summed E-state index contributed by atoms with van der Waals surface area (Å²) in [6.07, 6.45) is 6.07. The molecule has 2 aromatic heterocycles. The van der Waals surface area contributed by atoms with Crippen LogP contribution in [0.5, 0.6) is 0 Å². The third kappa shape index (κ3) is 8.28. The van der Waals surface area contributed by atoms with Crippen molar-refractivity contribution in [3.8, 4) is 0 Å². The van der Waals surface area contributed by atoms with Gasteiger partial charge in [-0.05, 0) is 48.7 Å². The van der Waals surface area contributed by atoms with Gasteiger partial charge >= 0.3 is 5.97 Å². The van der Waals surface area contributed by atoms with Gasteiger partial charge in [-0.15, -0.1) is 12.4 Å². The molecule has 0 spiro atoms. The fourth-order valence-electron chi connectivity index (χ4n) is 2.08. The Morgan fingerprint density at radius 2 is 1.56 bits per heavy atom. The largest absolute Gasteiger partial charge is 0.465 e. The molecule has 0 saturated carbocycles. The van der Waals surface area contributed by atoms with E-state index in [1.807, 2.05) is 13.8 Å². The van der Waals surface area contributed by atoms with E-state index < -0.39 is 17.1 Å². The molecule has 8 heteroatoms. The van der Waals surface area contributed by atoms with Crippen LogP contribution < -0.4 is 0 Å². The Labute approximate surface area is 169 Å². The predicted molar refractivity (Wildman–Crippen MR) is 105 cm³/mol. The SMILES string of the molecule is CCOC(=O)C(C(=O)c1cccnc1)C(C)C.Cl.O=C(Cl)c1cccnc1. The molecular weight excluding hydrogens is 391 g/mol. The Morgan fingerprint density at radius 1 is 1.04 bits per heavy atom. The maximum Gasteiger partial charge on any atom is 0.317 e. The molecule has 1 atom stereocenters. The Bertz CT molecular complexity index is 725. The van der Waals surface area contributed by atoms with E-state index in [-0.39, 0.29) is 30.7 Å². The summed E-state index contributed by atoms with van der Waals surface area (Å²) in [6.45, 7) is 5.66. The lowest BCUT2D eigenvalue weighted by Crippen LogP contribution is -2.30. The van der Waals surface area contributed by atoms with Crippen LogP contribution >= 0.6 is 24.0 Å². The molecule has 2 heterocycles. The molecule has 0 amide bonds. The molecule has 2 rings (SSSR count). The summed E-state index contributed by atoms with van der Waals surface area (Å²) in [5.74, 6) is -1.54. The van der Waals surface area contributed by atoms with Crippen molar-refractivity contribution in [3.63, 3.8) is 0 Å². The van der Waals surface area contributed by atoms with Crippen molar-refractivity contribution in [3.05, 3.63) is 60.2 Å². The number of ether oxygens (including phenoxy) is 1. The monoisotopic (exact) mass is 412 g/mol. The topological polar surface area (TPSA) is 86.2 Å². The number of aromatic nitrogens is 2. The zero-order valence-corrected chi connectivity index (χ0v) is 16.9. The van der Waals surface area contributed by atoms with Gasteiger partial charge in [0.1, 0.15) is 5.92 Å². The van der Waals surface area contributed by atoms with Crippen molar-refractivity contribution < 1.29 is 19.1 Å². The third-order valence-electron chi connectivity index (χ3n) is 3.32. The molecular formula is C19H22Cl2N2O4. The second-order valence-corrected chi connectivity index (χ2v) is 5.94. The van der Waals surface area contributed by atoms with Crippen molar-refractivity contribution in [1.29, 1.82) is 0 Å². The number of carbonyl (C=O) groups excluding carboxylic acids is 3. The van der Waals surface area contributed by atoms with Crippen LogP contribution in [0, 0.1) is 11.8 Å². The summed E-state index contributed by atoms with van der Waals surface area (Å²) < 4.78 is 4.93. The predicted octanol–water partition coefficient (Wildman–Crippen LogP) is 3.98. The minimum Gasteiger partial charge on any atom is -0.465 e. The Morgan fingerprint density at radius 3 is 1.89 bits per heavy atom. The molecule has 0 fully saturated rings. The lowest BCUT2D eigenvalue weighted by Gasteiger charge is -2.17. The van der Waals surface area contributed by atoms with Gasteiger partial charge in [0.05, 0.1) is 12.2 Å². The molecule has 0 aliphatic rings. The van der Waals surface area contributed by atoms with Gasteiger partial charge in [-0.3, -0.25) is 24.4 Å². The molecule has 0 aromatic carbocycles. The zero-order chi connectivity index (χ0) is 19.5. The fourth-order valence-corrected chi connectivity index (χ4v) is 2.19. The maximum absolute atomic E-state index is 12.2. The number of hydrogen-bond donors (Lipinski definition) is 0. The van der Waals surface area contributed by atoms with Crippen molar-refractivity contribution >= 4 is 41.0 Å². The van der Waals surface area contributed by atoms with Crippen LogP contribution in [0.2, 0.25) is 0 Å². The Balaban J connectivity index is 0.000000572. The number of esters is 1. The van der Waals surface area contributed by atoms with Gasteiger partial charge in [0.2, 0.25) is 0 Å². The standard InChI is InChI=1S/C13H17NO3.C6H4ClNO.ClH/c1-4-17-13(16)11(9(2)3)12(15)10-6-5-7-14-8-10;7-6(9)5-2-1-3-8-4-5;/h5-9,11H,4H2,1-3H3;1-4H;1H. The highest BCUT2D eigenvalue weighted by atomic mass is 35.5. The van der Waals surface area contributed by atoms with E-state index in [4.69, 9.17) is 16.3 Å². The summed E-state index contributed by atoms with van der Waals surface area (Å²) >= 11 is 5.12. The normalized spacial score (nSPS) is 10.7. The molecule has 2 aromatic rings. The lowest BCUT2D eigenvalue weighted by atomic mass is 9.88. The van der Waals surface area contributed by atoms with Crippen LogP contribution in [-0.2, 0) is 9.53 Å². The summed E-state index contributed by atoms with van der Waals surface area (Å²) in [6, 6.07) is 6.61. The van der Waals surface area contributed by atoms with E-state index in [2.05, 4.69) is 9.97 Å². The molecule has 0 radical (unpaired) electrons. The smallest absolute Gasteiger partial charge is 0.317 e. The number of pyridine rings is 2. The number of halogens is 2. The van der Waals surface area contributed by atoms with Gasteiger partial charge in [-0.2, -0.15) is 0 Å². The average molecular weight is 413 g/mol. The molecule has 6 nitrogen and oxygen atoms in total. The second kappa shape index (κ2) is 12.9. The Kier molecular flexibility index (Phi) is 11.8. The van der Waals surface area contributed by atoms with E-state index in [0.717, 1.165) is 0 Å². The summed E-state index contributed by atoms with van der Waals surface area (Å²) in [5.41, 5.74) is 0.874. The molecule has 146 valence electrons. The van der Waals surface area contributed by atoms with Crippen molar-refractivity contribution in [2.75, 3.05) is 6.61 Å². The van der Waals surface area contributed by atoms with Gasteiger partial charge in [0, 0.05) is 30.4 Å². The quantitative estimate of drug-likeness (QED) is 0.308. The first-order chi connectivity index (χ1) is 12.4. The van der Waals surface area contributed by atoms with Gasteiger partial charge in [-0.25, -0.2) is 0 Å². The van der Waals surface area contributed by atoms with E-state index >= 15 is 0 Å². The van der Waals surface area contributed by atoms with Crippen molar-refractivity contribution in [1.82, 2.24) is 9.97 Å². The highest BCUT2D eigenvalue weighted by molar-refractivity contribution is 6.67. The minimum atomic E-state index is -0.751. The first kappa shape index (κ1) is 24.7. The summed E-state index contributed by atoms with van der Waals surface area (Å²) in [7, 11) is 0. The molecule has 27 heavy (non-hydrogen) atoms. The average Bonchev–Trinajstić information content (AvgIpc) is 2.63. The molecule has 0 bridgehead atoms. The maximum atomic E-state index is 12.2. The summed E-state index contributed by atoms with van der Waals surface area (Å²) in [5, 5.41) is -0.469. The van der Waals surface area contributed by atoms with Crippen LogP contribution in [0.25, 0.3) is 0 Å². The zero-order valence-electron chi connectivity index (χ0n) is 15.3. The second-order valence-electron chi connectivity index (χ2n) is 5.60. The van der Waals surface area contributed by atoms with Crippen LogP contribution in [0.3, 0.4) is 0 Å². The number of Topliss-reactive ketones (excluding diaryl/α,β-unsaturated/α-hetero) is 1. The van der Waals surface area contributed by atoms with Gasteiger partial charge in [-0.1, -0.05) is 13.8 Å². The molecule has 0 saturated heterocycles. The third-order valence-corrected chi connectivity index (χ3v) is 3.54. The molecule has 1 unspecified atom stereocenters. The van der Waals surface area contributed by atoms with Gasteiger partial charge in [0.25, 0.3) is 5.24 Å². The van der Waals surface area contributed by atoms with Gasteiger partial charge in [0.15, 0.2) is 5.78 Å². The number of nitrogens with zero attached hydrogens (tertiary/aromatic N) is 2. The van der Waals surface area contributed by atoms with E-state index in [1.54, 1.807) is 43.6 Å². The van der Waals surface area contributed by atoms with E-state index in [9.17, 15) is 14.4 Å². The number of rotatable bonds is 6. The minimum absolute atomic E-state index is 0. The number of ketones is 1. The Hall–Kier alpha value is -2.31. The summed E-state index contributed by atoms with van der Waals surface area (Å²) in [4.78, 5) is 41.8. The lowest BCUT2D eigenvalue weighted by molar-refractivity contribution is -0.147. The molecule has 0 aliphatic carbocycles. The highest BCUT2D eigenvalue weighted by Gasteiger charge is 2.31. The van der Waals surface area contributed by atoms with Crippen LogP contribution in [0.15, 0.2) is 49.1 Å². The fraction of sp³-hybridized carbons (Fsp3) is 0.316. The highest BCUT2D eigenvalue weighted by Crippen LogP contribution is 2.18. The first-order valence-corrected chi connectivity index (χ1v) is 8.47. The number of carbonyl (C=O) groups is 3. The molecule has 0 aliphatic heterocycles. The molecule has 0 N–H and O–H groups in total. The van der Waals surface area contributed by atoms with Crippen molar-refractivity contribution in [2.24, 2.45) is 11.8 Å². The van der Waals surface area contributed by atoms with E-state index in [0.29, 0.717) is 11.1 Å². The van der Waals surface area contributed by atoms with E-state index in [1.165, 1.54) is 12.4 Å². The van der Waals surface area contributed by atoms with Crippen molar-refractivity contribution in [2.45, 2.75) is 20.8 Å². The van der Waals surface area contributed by atoms with Crippen LogP contribution in [-0.4, -0.2) is 33.6 Å².